The van der Waals surface area contributed by atoms with Gasteiger partial charge in [-0.25, -0.2) is 0 Å². The lowest BCUT2D eigenvalue weighted by Crippen LogP contribution is -2.51. The van der Waals surface area contributed by atoms with Crippen molar-refractivity contribution in [3.8, 4) is 0 Å². The van der Waals surface area contributed by atoms with Gasteiger partial charge in [0.05, 0.1) is 18.1 Å². The highest BCUT2D eigenvalue weighted by atomic mass is 16.5. The Balaban J connectivity index is 1.75. The van der Waals surface area contributed by atoms with E-state index in [9.17, 15) is 4.79 Å². The maximum atomic E-state index is 12.9. The molecule has 3 atom stereocenters. The van der Waals surface area contributed by atoms with Gasteiger partial charge in [-0.2, -0.15) is 0 Å². The molecule has 3 rings (SSSR count). The SMILES string of the molecule is C[C@@H]1CN(C(=O)[C@]2(C)CCNC2)C[C@@H](c2ccccc2)O1. The molecule has 0 radical (unpaired) electrons. The van der Waals surface area contributed by atoms with Crippen LogP contribution in [0.1, 0.15) is 31.9 Å². The summed E-state index contributed by atoms with van der Waals surface area (Å²) in [7, 11) is 0. The molecule has 2 saturated heterocycles. The molecule has 2 aliphatic rings. The van der Waals surface area contributed by atoms with Gasteiger partial charge in [0.25, 0.3) is 0 Å². The summed E-state index contributed by atoms with van der Waals surface area (Å²) in [5.41, 5.74) is 0.898. The van der Waals surface area contributed by atoms with E-state index in [4.69, 9.17) is 4.74 Å². The summed E-state index contributed by atoms with van der Waals surface area (Å²) in [6, 6.07) is 10.2. The van der Waals surface area contributed by atoms with Gasteiger partial charge in [-0.3, -0.25) is 4.79 Å². The van der Waals surface area contributed by atoms with Crippen LogP contribution in [-0.2, 0) is 9.53 Å². The van der Waals surface area contributed by atoms with Gasteiger partial charge >= 0.3 is 0 Å². The molecule has 0 unspecified atom stereocenters. The first kappa shape index (κ1) is 14.5. The summed E-state index contributed by atoms with van der Waals surface area (Å²) in [4.78, 5) is 14.9. The number of carbonyl (C=O) groups is 1. The molecule has 0 spiro atoms. The van der Waals surface area contributed by atoms with E-state index in [1.54, 1.807) is 0 Å². The average molecular weight is 288 g/mol. The van der Waals surface area contributed by atoms with Gasteiger partial charge in [0.1, 0.15) is 6.10 Å². The lowest BCUT2D eigenvalue weighted by Gasteiger charge is -2.40. The topological polar surface area (TPSA) is 41.6 Å². The highest BCUT2D eigenvalue weighted by Gasteiger charge is 2.41. The van der Waals surface area contributed by atoms with E-state index >= 15 is 0 Å². The van der Waals surface area contributed by atoms with E-state index in [2.05, 4.69) is 24.4 Å². The highest BCUT2D eigenvalue weighted by Crippen LogP contribution is 2.31. The maximum Gasteiger partial charge on any atom is 0.230 e. The van der Waals surface area contributed by atoms with Crippen LogP contribution >= 0.6 is 0 Å². The molecule has 4 heteroatoms. The van der Waals surface area contributed by atoms with Crippen LogP contribution in [-0.4, -0.2) is 43.1 Å². The molecule has 1 N–H and O–H groups in total. The molecule has 0 aromatic heterocycles. The van der Waals surface area contributed by atoms with Gasteiger partial charge < -0.3 is 15.0 Å². The van der Waals surface area contributed by atoms with Gasteiger partial charge in [0.15, 0.2) is 0 Å². The van der Waals surface area contributed by atoms with Crippen molar-refractivity contribution in [2.75, 3.05) is 26.2 Å². The number of hydrogen-bond acceptors (Lipinski definition) is 3. The van der Waals surface area contributed by atoms with Crippen molar-refractivity contribution in [1.82, 2.24) is 10.2 Å². The van der Waals surface area contributed by atoms with Crippen LogP contribution < -0.4 is 5.32 Å². The monoisotopic (exact) mass is 288 g/mol. The van der Waals surface area contributed by atoms with Crippen LogP contribution in [0.2, 0.25) is 0 Å². The van der Waals surface area contributed by atoms with Crippen molar-refractivity contribution in [3.05, 3.63) is 35.9 Å². The normalized spacial score (nSPS) is 33.1. The zero-order valence-corrected chi connectivity index (χ0v) is 12.8. The molecular formula is C17H24N2O2. The minimum atomic E-state index is -0.252. The molecular weight excluding hydrogens is 264 g/mol. The number of carbonyl (C=O) groups excluding carboxylic acids is 1. The molecule has 4 nitrogen and oxygen atoms in total. The Morgan fingerprint density at radius 2 is 2.10 bits per heavy atom. The molecule has 0 bridgehead atoms. The Bertz CT molecular complexity index is 497. The number of amides is 1. The number of morpholine rings is 1. The summed E-state index contributed by atoms with van der Waals surface area (Å²) in [5, 5.41) is 3.31. The summed E-state index contributed by atoms with van der Waals surface area (Å²) < 4.78 is 6.04. The fourth-order valence-corrected chi connectivity index (χ4v) is 3.35. The van der Waals surface area contributed by atoms with Crippen LogP contribution in [0.3, 0.4) is 0 Å². The van der Waals surface area contributed by atoms with E-state index in [0.717, 1.165) is 25.1 Å². The lowest BCUT2D eigenvalue weighted by atomic mass is 9.87. The minimum absolute atomic E-state index is 0.0168. The predicted molar refractivity (Wildman–Crippen MR) is 81.9 cm³/mol. The zero-order chi connectivity index (χ0) is 14.9. The molecule has 0 aliphatic carbocycles. The number of ether oxygens (including phenoxy) is 1. The Morgan fingerprint density at radius 1 is 1.33 bits per heavy atom. The fraction of sp³-hybridized carbons (Fsp3) is 0.588. The molecule has 1 aromatic carbocycles. The smallest absolute Gasteiger partial charge is 0.230 e. The van der Waals surface area contributed by atoms with E-state index < -0.39 is 0 Å². The average Bonchev–Trinajstić information content (AvgIpc) is 2.95. The first-order chi connectivity index (χ1) is 10.1. The predicted octanol–water partition coefficient (Wildman–Crippen LogP) is 1.97. The Labute approximate surface area is 126 Å². The molecule has 2 aliphatic heterocycles. The van der Waals surface area contributed by atoms with Crippen LogP contribution in [0.5, 0.6) is 0 Å². The third-order valence-electron chi connectivity index (χ3n) is 4.60. The van der Waals surface area contributed by atoms with E-state index in [-0.39, 0.29) is 23.5 Å². The van der Waals surface area contributed by atoms with Gasteiger partial charge in [-0.05, 0) is 32.4 Å². The maximum absolute atomic E-state index is 12.9. The lowest BCUT2D eigenvalue weighted by molar-refractivity contribution is -0.153. The fourth-order valence-electron chi connectivity index (χ4n) is 3.35. The van der Waals surface area contributed by atoms with Crippen LogP contribution in [0.15, 0.2) is 30.3 Å². The number of rotatable bonds is 2. The Kier molecular flexibility index (Phi) is 4.00. The number of benzene rings is 1. The molecule has 2 fully saturated rings. The highest BCUT2D eigenvalue weighted by molar-refractivity contribution is 5.83. The second-order valence-corrected chi connectivity index (χ2v) is 6.54. The van der Waals surface area contributed by atoms with Crippen molar-refractivity contribution in [3.63, 3.8) is 0 Å². The van der Waals surface area contributed by atoms with E-state index in [1.165, 1.54) is 0 Å². The number of nitrogens with one attached hydrogen (secondary N) is 1. The number of hydrogen-bond donors (Lipinski definition) is 1. The first-order valence-corrected chi connectivity index (χ1v) is 7.79. The largest absolute Gasteiger partial charge is 0.367 e. The Hall–Kier alpha value is -1.39. The molecule has 2 heterocycles. The summed E-state index contributed by atoms with van der Waals surface area (Å²) in [5.74, 6) is 0.267. The second kappa shape index (κ2) is 5.78. The molecule has 21 heavy (non-hydrogen) atoms. The zero-order valence-electron chi connectivity index (χ0n) is 12.8. The van der Waals surface area contributed by atoms with Gasteiger partial charge in [-0.15, -0.1) is 0 Å². The molecule has 114 valence electrons. The summed E-state index contributed by atoms with van der Waals surface area (Å²) in [6.45, 7) is 7.19. The van der Waals surface area contributed by atoms with Crippen LogP contribution in [0, 0.1) is 5.41 Å². The first-order valence-electron chi connectivity index (χ1n) is 7.79. The van der Waals surface area contributed by atoms with Crippen LogP contribution in [0.4, 0.5) is 0 Å². The Morgan fingerprint density at radius 3 is 2.76 bits per heavy atom. The third-order valence-corrected chi connectivity index (χ3v) is 4.60. The molecule has 1 amide bonds. The number of nitrogens with zero attached hydrogens (tertiary/aromatic N) is 1. The molecule has 1 aromatic rings. The summed E-state index contributed by atoms with van der Waals surface area (Å²) >= 11 is 0. The van der Waals surface area contributed by atoms with Crippen molar-refractivity contribution >= 4 is 5.91 Å². The van der Waals surface area contributed by atoms with Crippen molar-refractivity contribution < 1.29 is 9.53 Å². The molecule has 0 saturated carbocycles. The summed E-state index contributed by atoms with van der Waals surface area (Å²) in [6.07, 6.45) is 0.982. The van der Waals surface area contributed by atoms with Gasteiger partial charge in [0, 0.05) is 13.1 Å². The quantitative estimate of drug-likeness (QED) is 0.904. The van der Waals surface area contributed by atoms with Crippen LogP contribution in [0.25, 0.3) is 0 Å². The van der Waals surface area contributed by atoms with Gasteiger partial charge in [0.2, 0.25) is 5.91 Å². The van der Waals surface area contributed by atoms with Gasteiger partial charge in [-0.1, -0.05) is 30.3 Å². The third kappa shape index (κ3) is 2.97. The standard InChI is InChI=1S/C17H24N2O2/c1-13-10-19(16(20)17(2)8-9-18-12-17)11-15(21-13)14-6-4-3-5-7-14/h3-7,13,15,18H,8-12H2,1-2H3/t13-,15+,17-/m1/s1. The van der Waals surface area contributed by atoms with Crippen molar-refractivity contribution in [2.24, 2.45) is 5.41 Å². The van der Waals surface area contributed by atoms with Crippen molar-refractivity contribution in [1.29, 1.82) is 0 Å². The van der Waals surface area contributed by atoms with E-state index in [1.807, 2.05) is 30.0 Å². The van der Waals surface area contributed by atoms with Crippen molar-refractivity contribution in [2.45, 2.75) is 32.5 Å². The minimum Gasteiger partial charge on any atom is -0.367 e. The van der Waals surface area contributed by atoms with E-state index in [0.29, 0.717) is 13.1 Å². The second-order valence-electron chi connectivity index (χ2n) is 6.54.